The average molecular weight is 325 g/mol. The third-order valence-electron chi connectivity index (χ3n) is 2.39. The van der Waals surface area contributed by atoms with Crippen molar-refractivity contribution in [1.82, 2.24) is 0 Å². The first-order chi connectivity index (χ1) is 9.10. The Kier molecular flexibility index (Phi) is 4.16. The van der Waals surface area contributed by atoms with Crippen molar-refractivity contribution >= 4 is 21.9 Å². The lowest BCUT2D eigenvalue weighted by atomic mass is 10.2. The van der Waals surface area contributed by atoms with Crippen molar-refractivity contribution in [2.24, 2.45) is 0 Å². The smallest absolute Gasteiger partial charge is 0.341 e. The molecule has 98 valence electrons. The van der Waals surface area contributed by atoms with Crippen LogP contribution in [0.3, 0.4) is 0 Å². The van der Waals surface area contributed by atoms with Crippen molar-refractivity contribution in [2.45, 2.75) is 0 Å². The van der Waals surface area contributed by atoms with Gasteiger partial charge < -0.3 is 9.47 Å². The molecule has 0 amide bonds. The summed E-state index contributed by atoms with van der Waals surface area (Å²) in [7, 11) is 1.30. The fourth-order valence-corrected chi connectivity index (χ4v) is 1.85. The van der Waals surface area contributed by atoms with Gasteiger partial charge in [-0.25, -0.2) is 9.18 Å². The molecule has 0 saturated heterocycles. The van der Waals surface area contributed by atoms with E-state index < -0.39 is 5.97 Å². The highest BCUT2D eigenvalue weighted by atomic mass is 79.9. The highest BCUT2D eigenvalue weighted by Crippen LogP contribution is 2.28. The van der Waals surface area contributed by atoms with E-state index in [9.17, 15) is 9.18 Å². The van der Waals surface area contributed by atoms with Gasteiger partial charge in [-0.2, -0.15) is 0 Å². The Morgan fingerprint density at radius 3 is 2.47 bits per heavy atom. The van der Waals surface area contributed by atoms with Gasteiger partial charge in [-0.05, 0) is 42.5 Å². The van der Waals surface area contributed by atoms with E-state index in [2.05, 4.69) is 20.7 Å². The molecule has 0 unspecified atom stereocenters. The first-order valence-electron chi connectivity index (χ1n) is 5.41. The largest absolute Gasteiger partial charge is 0.465 e. The summed E-state index contributed by atoms with van der Waals surface area (Å²) in [6.07, 6.45) is 0. The number of esters is 1. The second-order valence-corrected chi connectivity index (χ2v) is 4.60. The van der Waals surface area contributed by atoms with Crippen LogP contribution >= 0.6 is 15.9 Å². The topological polar surface area (TPSA) is 35.5 Å². The molecular formula is C14H10BrFO3. The van der Waals surface area contributed by atoms with E-state index in [1.807, 2.05) is 0 Å². The lowest BCUT2D eigenvalue weighted by Gasteiger charge is -2.10. The van der Waals surface area contributed by atoms with E-state index in [1.54, 1.807) is 18.2 Å². The third kappa shape index (κ3) is 3.32. The maximum Gasteiger partial charge on any atom is 0.341 e. The molecule has 0 spiro atoms. The molecule has 0 aliphatic rings. The maximum atomic E-state index is 12.8. The highest BCUT2D eigenvalue weighted by Gasteiger charge is 2.14. The molecule has 2 aromatic rings. The first-order valence-corrected chi connectivity index (χ1v) is 6.21. The predicted octanol–water partition coefficient (Wildman–Crippen LogP) is 4.17. The molecule has 2 aromatic carbocycles. The van der Waals surface area contributed by atoms with Crippen LogP contribution in [0.4, 0.5) is 4.39 Å². The van der Waals surface area contributed by atoms with Crippen molar-refractivity contribution < 1.29 is 18.7 Å². The summed E-state index contributed by atoms with van der Waals surface area (Å²) in [6.45, 7) is 0. The van der Waals surface area contributed by atoms with Crippen LogP contribution in [0.2, 0.25) is 0 Å². The van der Waals surface area contributed by atoms with Gasteiger partial charge in [0.1, 0.15) is 22.9 Å². The monoisotopic (exact) mass is 324 g/mol. The number of methoxy groups -OCH3 is 1. The molecule has 0 bridgehead atoms. The molecule has 19 heavy (non-hydrogen) atoms. The van der Waals surface area contributed by atoms with Crippen molar-refractivity contribution in [3.05, 3.63) is 58.3 Å². The SMILES string of the molecule is COC(=O)c1cc(Br)ccc1Oc1ccc(F)cc1. The van der Waals surface area contributed by atoms with E-state index in [0.717, 1.165) is 4.47 Å². The van der Waals surface area contributed by atoms with Crippen LogP contribution in [0.25, 0.3) is 0 Å². The number of carbonyl (C=O) groups excluding carboxylic acids is 1. The molecule has 0 radical (unpaired) electrons. The van der Waals surface area contributed by atoms with Crippen LogP contribution in [0, 0.1) is 5.82 Å². The lowest BCUT2D eigenvalue weighted by molar-refractivity contribution is 0.0598. The number of hydrogen-bond acceptors (Lipinski definition) is 3. The quantitative estimate of drug-likeness (QED) is 0.795. The highest BCUT2D eigenvalue weighted by molar-refractivity contribution is 9.10. The number of ether oxygens (including phenoxy) is 2. The van der Waals surface area contributed by atoms with Crippen LogP contribution in [0.15, 0.2) is 46.9 Å². The Balaban J connectivity index is 2.34. The van der Waals surface area contributed by atoms with Gasteiger partial charge in [0.05, 0.1) is 7.11 Å². The van der Waals surface area contributed by atoms with Gasteiger partial charge in [0.25, 0.3) is 0 Å². The molecule has 0 saturated carbocycles. The summed E-state index contributed by atoms with van der Waals surface area (Å²) < 4.78 is 23.8. The summed E-state index contributed by atoms with van der Waals surface area (Å²) in [5.41, 5.74) is 0.293. The molecule has 0 heterocycles. The second kappa shape index (κ2) is 5.84. The Bertz CT molecular complexity index is 596. The van der Waals surface area contributed by atoms with Crippen LogP contribution in [0.5, 0.6) is 11.5 Å². The second-order valence-electron chi connectivity index (χ2n) is 3.69. The molecule has 0 N–H and O–H groups in total. The maximum absolute atomic E-state index is 12.8. The van der Waals surface area contributed by atoms with Crippen molar-refractivity contribution in [3.8, 4) is 11.5 Å². The van der Waals surface area contributed by atoms with Crippen LogP contribution in [0.1, 0.15) is 10.4 Å². The van der Waals surface area contributed by atoms with Crippen molar-refractivity contribution in [2.75, 3.05) is 7.11 Å². The number of carbonyl (C=O) groups is 1. The Morgan fingerprint density at radius 2 is 1.84 bits per heavy atom. The predicted molar refractivity (Wildman–Crippen MR) is 72.0 cm³/mol. The van der Waals surface area contributed by atoms with Crippen molar-refractivity contribution in [1.29, 1.82) is 0 Å². The Hall–Kier alpha value is -1.88. The van der Waals surface area contributed by atoms with Gasteiger partial charge in [0, 0.05) is 4.47 Å². The standard InChI is InChI=1S/C14H10BrFO3/c1-18-14(17)12-8-9(15)2-7-13(12)19-11-5-3-10(16)4-6-11/h2-8H,1H3. The lowest BCUT2D eigenvalue weighted by Crippen LogP contribution is -2.03. The number of rotatable bonds is 3. The average Bonchev–Trinajstić information content (AvgIpc) is 2.42. The zero-order valence-corrected chi connectivity index (χ0v) is 11.6. The minimum Gasteiger partial charge on any atom is -0.465 e. The normalized spacial score (nSPS) is 10.1. The molecule has 2 rings (SSSR count). The van der Waals surface area contributed by atoms with Gasteiger partial charge in [-0.3, -0.25) is 0 Å². The van der Waals surface area contributed by atoms with E-state index in [-0.39, 0.29) is 5.82 Å². The fourth-order valence-electron chi connectivity index (χ4n) is 1.49. The minimum absolute atomic E-state index is 0.293. The Labute approximate surface area is 118 Å². The summed E-state index contributed by atoms with van der Waals surface area (Å²) in [5.74, 6) is -0.0645. The fraction of sp³-hybridized carbons (Fsp3) is 0.0714. The molecule has 3 nitrogen and oxygen atoms in total. The first kappa shape index (κ1) is 13.5. The van der Waals surface area contributed by atoms with Crippen LogP contribution in [-0.4, -0.2) is 13.1 Å². The summed E-state index contributed by atoms with van der Waals surface area (Å²) in [4.78, 5) is 11.6. The molecule has 0 aromatic heterocycles. The van der Waals surface area contributed by atoms with E-state index >= 15 is 0 Å². The Morgan fingerprint density at radius 1 is 1.16 bits per heavy atom. The summed E-state index contributed by atoms with van der Waals surface area (Å²) in [6, 6.07) is 10.5. The summed E-state index contributed by atoms with van der Waals surface area (Å²) >= 11 is 3.28. The molecule has 0 atom stereocenters. The molecule has 5 heteroatoms. The van der Waals surface area contributed by atoms with Gasteiger partial charge in [-0.15, -0.1) is 0 Å². The molecule has 0 aliphatic carbocycles. The third-order valence-corrected chi connectivity index (χ3v) is 2.88. The minimum atomic E-state index is -0.501. The summed E-state index contributed by atoms with van der Waals surface area (Å²) in [5, 5.41) is 0. The van der Waals surface area contributed by atoms with Crippen molar-refractivity contribution in [3.63, 3.8) is 0 Å². The number of hydrogen-bond donors (Lipinski definition) is 0. The number of halogens is 2. The van der Waals surface area contributed by atoms with Gasteiger partial charge in [0.2, 0.25) is 0 Å². The van der Waals surface area contributed by atoms with E-state index in [1.165, 1.54) is 31.4 Å². The van der Waals surface area contributed by atoms with Gasteiger partial charge in [-0.1, -0.05) is 15.9 Å². The molecular weight excluding hydrogens is 315 g/mol. The molecule has 0 fully saturated rings. The van der Waals surface area contributed by atoms with Crippen LogP contribution < -0.4 is 4.74 Å². The van der Waals surface area contributed by atoms with Gasteiger partial charge >= 0.3 is 5.97 Å². The van der Waals surface area contributed by atoms with Gasteiger partial charge in [0.15, 0.2) is 0 Å². The van der Waals surface area contributed by atoms with E-state index in [4.69, 9.17) is 4.74 Å². The van der Waals surface area contributed by atoms with E-state index in [0.29, 0.717) is 17.1 Å². The molecule has 0 aliphatic heterocycles. The number of benzene rings is 2. The van der Waals surface area contributed by atoms with Crippen LogP contribution in [-0.2, 0) is 4.74 Å². The zero-order valence-electron chi connectivity index (χ0n) is 10.0. The zero-order chi connectivity index (χ0) is 13.8.